The lowest BCUT2D eigenvalue weighted by Crippen LogP contribution is -2.30. The first-order valence-electron chi connectivity index (χ1n) is 8.81. The Hall–Kier alpha value is -2.58. The molecule has 0 saturated carbocycles. The molecule has 0 heterocycles. The zero-order valence-electron chi connectivity index (χ0n) is 16.5. The Kier molecular flexibility index (Phi) is 7.42. The molecule has 2 aromatic carbocycles. The van der Waals surface area contributed by atoms with Gasteiger partial charge in [-0.25, -0.2) is 8.42 Å². The van der Waals surface area contributed by atoms with Gasteiger partial charge in [-0.15, -0.1) is 0 Å². The fraction of sp³-hybridized carbons (Fsp3) is 0.350. The summed E-state index contributed by atoms with van der Waals surface area (Å²) >= 11 is 0. The maximum absolute atomic E-state index is 12.7. The predicted molar refractivity (Wildman–Crippen MR) is 108 cm³/mol. The van der Waals surface area contributed by atoms with Gasteiger partial charge in [0.1, 0.15) is 5.75 Å². The number of carbonyl (C=O) groups excluding carboxylic acids is 1. The molecule has 0 saturated heterocycles. The van der Waals surface area contributed by atoms with Crippen molar-refractivity contribution in [3.63, 3.8) is 0 Å². The molecule has 0 unspecified atom stereocenters. The molecule has 8 heteroatoms. The third-order valence-corrected chi connectivity index (χ3v) is 5.55. The molecule has 1 atom stereocenters. The van der Waals surface area contributed by atoms with Crippen molar-refractivity contribution in [2.75, 3.05) is 32.1 Å². The zero-order valence-corrected chi connectivity index (χ0v) is 17.3. The third kappa shape index (κ3) is 5.71. The normalized spacial score (nSPS) is 12.3. The molecular formula is C20H26N2O5S. The van der Waals surface area contributed by atoms with Gasteiger partial charge in [-0.1, -0.05) is 13.0 Å². The Balaban J connectivity index is 2.18. The van der Waals surface area contributed by atoms with E-state index in [-0.39, 0.29) is 16.7 Å². The van der Waals surface area contributed by atoms with Crippen LogP contribution in [-0.2, 0) is 14.8 Å². The van der Waals surface area contributed by atoms with Gasteiger partial charge in [0.05, 0.1) is 18.6 Å². The van der Waals surface area contributed by atoms with Crippen molar-refractivity contribution in [1.82, 2.24) is 5.32 Å². The summed E-state index contributed by atoms with van der Waals surface area (Å²) in [6.45, 7) is 4.68. The summed E-state index contributed by atoms with van der Waals surface area (Å²) in [6, 6.07) is 11.0. The number of amides is 1. The second-order valence-electron chi connectivity index (χ2n) is 6.58. The summed E-state index contributed by atoms with van der Waals surface area (Å²) in [7, 11) is -0.697. The molecule has 2 N–H and O–H groups in total. The number of hydrogen-bond donors (Lipinski definition) is 2. The number of carbonyl (C=O) groups is 1. The van der Waals surface area contributed by atoms with Crippen LogP contribution in [0.5, 0.6) is 5.75 Å². The molecule has 1 amide bonds. The molecular weight excluding hydrogens is 380 g/mol. The minimum Gasteiger partial charge on any atom is -0.497 e. The van der Waals surface area contributed by atoms with E-state index in [4.69, 9.17) is 9.47 Å². The minimum absolute atomic E-state index is 0.0176. The van der Waals surface area contributed by atoms with Gasteiger partial charge < -0.3 is 14.8 Å². The Bertz CT molecular complexity index is 911. The van der Waals surface area contributed by atoms with Gasteiger partial charge in [0.15, 0.2) is 0 Å². The van der Waals surface area contributed by atoms with E-state index in [0.717, 1.165) is 0 Å². The summed E-state index contributed by atoms with van der Waals surface area (Å²) in [6.07, 6.45) is 0. The highest BCUT2D eigenvalue weighted by atomic mass is 32.2. The number of anilines is 1. The fourth-order valence-electron chi connectivity index (χ4n) is 2.59. The summed E-state index contributed by atoms with van der Waals surface area (Å²) < 4.78 is 38.0. The molecule has 2 rings (SSSR count). The van der Waals surface area contributed by atoms with Crippen LogP contribution in [0.3, 0.4) is 0 Å². The number of benzene rings is 2. The van der Waals surface area contributed by atoms with E-state index in [9.17, 15) is 13.2 Å². The molecule has 0 fully saturated rings. The summed E-state index contributed by atoms with van der Waals surface area (Å²) in [4.78, 5) is 12.5. The predicted octanol–water partition coefficient (Wildman–Crippen LogP) is 2.82. The molecule has 0 radical (unpaired) electrons. The lowest BCUT2D eigenvalue weighted by atomic mass is 10.1. The Morgan fingerprint density at radius 1 is 1.11 bits per heavy atom. The molecule has 0 spiro atoms. The first-order valence-corrected chi connectivity index (χ1v) is 10.3. The highest BCUT2D eigenvalue weighted by Gasteiger charge is 2.18. The molecule has 28 heavy (non-hydrogen) atoms. The standard InChI is InChI=1S/C20H26N2O5S/c1-14(13-26-3)12-21-20(23)19-11-18(10-5-15(19)2)28(24,25)22-16-6-8-17(27-4)9-7-16/h5-11,14,22H,12-13H2,1-4H3,(H,21,23)/t14-/m1/s1. The quantitative estimate of drug-likeness (QED) is 0.668. The van der Waals surface area contributed by atoms with Gasteiger partial charge in [0.25, 0.3) is 15.9 Å². The SMILES string of the molecule is COC[C@H](C)CNC(=O)c1cc(S(=O)(=O)Nc2ccc(OC)cc2)ccc1C. The highest BCUT2D eigenvalue weighted by Crippen LogP contribution is 2.21. The van der Waals surface area contributed by atoms with E-state index in [1.807, 2.05) is 6.92 Å². The van der Waals surface area contributed by atoms with Crippen molar-refractivity contribution in [2.24, 2.45) is 5.92 Å². The Labute approximate surface area is 166 Å². The average Bonchev–Trinajstić information content (AvgIpc) is 2.67. The number of nitrogens with one attached hydrogen (secondary N) is 2. The van der Waals surface area contributed by atoms with Crippen molar-refractivity contribution in [1.29, 1.82) is 0 Å². The summed E-state index contributed by atoms with van der Waals surface area (Å²) in [5.74, 6) is 0.458. The maximum Gasteiger partial charge on any atom is 0.261 e. The molecule has 0 aliphatic carbocycles. The first kappa shape index (κ1) is 21.7. The Morgan fingerprint density at radius 2 is 1.79 bits per heavy atom. The number of aryl methyl sites for hydroxylation is 1. The van der Waals surface area contributed by atoms with Crippen molar-refractivity contribution >= 4 is 21.6 Å². The second-order valence-corrected chi connectivity index (χ2v) is 8.26. The van der Waals surface area contributed by atoms with E-state index in [1.54, 1.807) is 44.4 Å². The summed E-state index contributed by atoms with van der Waals surface area (Å²) in [5, 5.41) is 2.82. The number of methoxy groups -OCH3 is 2. The molecule has 0 aliphatic rings. The van der Waals surface area contributed by atoms with Crippen molar-refractivity contribution < 1.29 is 22.7 Å². The van der Waals surface area contributed by atoms with Crippen LogP contribution in [0, 0.1) is 12.8 Å². The maximum atomic E-state index is 12.7. The number of hydrogen-bond acceptors (Lipinski definition) is 5. The van der Waals surface area contributed by atoms with Crippen LogP contribution >= 0.6 is 0 Å². The van der Waals surface area contributed by atoms with Gasteiger partial charge in [-0.05, 0) is 54.8 Å². The van der Waals surface area contributed by atoms with Crippen LogP contribution in [0.2, 0.25) is 0 Å². The monoisotopic (exact) mass is 406 g/mol. The van der Waals surface area contributed by atoms with Gasteiger partial charge in [-0.2, -0.15) is 0 Å². The number of sulfonamides is 1. The molecule has 2 aromatic rings. The molecule has 152 valence electrons. The number of ether oxygens (including phenoxy) is 2. The van der Waals surface area contributed by atoms with E-state index in [0.29, 0.717) is 35.7 Å². The smallest absolute Gasteiger partial charge is 0.261 e. The van der Waals surface area contributed by atoms with Crippen molar-refractivity contribution in [2.45, 2.75) is 18.7 Å². The zero-order chi connectivity index (χ0) is 20.7. The number of rotatable bonds is 9. The van der Waals surface area contributed by atoms with E-state index in [2.05, 4.69) is 10.0 Å². The molecule has 0 aromatic heterocycles. The van der Waals surface area contributed by atoms with Crippen LogP contribution in [-0.4, -0.2) is 41.7 Å². The average molecular weight is 407 g/mol. The minimum atomic E-state index is -3.84. The summed E-state index contributed by atoms with van der Waals surface area (Å²) in [5.41, 5.74) is 1.42. The van der Waals surface area contributed by atoms with Crippen molar-refractivity contribution in [3.8, 4) is 5.75 Å². The van der Waals surface area contributed by atoms with E-state index in [1.165, 1.54) is 19.2 Å². The fourth-order valence-corrected chi connectivity index (χ4v) is 3.68. The lowest BCUT2D eigenvalue weighted by Gasteiger charge is -2.14. The van der Waals surface area contributed by atoms with Crippen LogP contribution in [0.15, 0.2) is 47.4 Å². The van der Waals surface area contributed by atoms with Gasteiger partial charge >= 0.3 is 0 Å². The van der Waals surface area contributed by atoms with Crippen molar-refractivity contribution in [3.05, 3.63) is 53.6 Å². The van der Waals surface area contributed by atoms with Crippen LogP contribution < -0.4 is 14.8 Å². The molecule has 0 aliphatic heterocycles. The Morgan fingerprint density at radius 3 is 2.39 bits per heavy atom. The van der Waals surface area contributed by atoms with E-state index < -0.39 is 10.0 Å². The highest BCUT2D eigenvalue weighted by molar-refractivity contribution is 7.92. The molecule has 0 bridgehead atoms. The van der Waals surface area contributed by atoms with Crippen LogP contribution in [0.25, 0.3) is 0 Å². The first-order chi connectivity index (χ1) is 13.3. The van der Waals surface area contributed by atoms with Gasteiger partial charge in [0.2, 0.25) is 0 Å². The topological polar surface area (TPSA) is 93.7 Å². The van der Waals surface area contributed by atoms with E-state index >= 15 is 0 Å². The second kappa shape index (κ2) is 9.57. The van der Waals surface area contributed by atoms with Gasteiger partial charge in [0, 0.05) is 24.9 Å². The lowest BCUT2D eigenvalue weighted by molar-refractivity contribution is 0.0933. The molecule has 7 nitrogen and oxygen atoms in total. The van der Waals surface area contributed by atoms with Crippen LogP contribution in [0.1, 0.15) is 22.8 Å². The third-order valence-electron chi connectivity index (χ3n) is 4.17. The largest absolute Gasteiger partial charge is 0.497 e. The van der Waals surface area contributed by atoms with Crippen LogP contribution in [0.4, 0.5) is 5.69 Å². The van der Waals surface area contributed by atoms with Gasteiger partial charge in [-0.3, -0.25) is 9.52 Å².